The maximum atomic E-state index is 15.7. The van der Waals surface area contributed by atoms with E-state index in [9.17, 15) is 16.2 Å². The average Bonchev–Trinajstić information content (AvgIpc) is 3.72. The summed E-state index contributed by atoms with van der Waals surface area (Å²) in [6.07, 6.45) is -8.77. The summed E-state index contributed by atoms with van der Waals surface area (Å²) in [5.74, 6) is -1.55. The number of aryl methyl sites for hydroxylation is 6. The predicted molar refractivity (Wildman–Crippen MR) is 226 cm³/mol. The number of pyridine rings is 3. The van der Waals surface area contributed by atoms with E-state index < -0.39 is 55.5 Å². The normalized spacial score (nSPS) is 14.5. The molecule has 5 aromatic carbocycles. The molecule has 4 aromatic heterocycles. The Kier molecular flexibility index (Phi) is 8.91. The van der Waals surface area contributed by atoms with Gasteiger partial charge in [0.1, 0.15) is 17.2 Å². The van der Waals surface area contributed by atoms with Crippen molar-refractivity contribution >= 4 is 21.9 Å². The van der Waals surface area contributed by atoms with Gasteiger partial charge in [0, 0.05) is 46.1 Å². The van der Waals surface area contributed by atoms with E-state index in [-0.39, 0.29) is 93.8 Å². The second-order valence-corrected chi connectivity index (χ2v) is 13.4. The smallest absolute Gasteiger partial charge is 0.501 e. The van der Waals surface area contributed by atoms with Gasteiger partial charge in [-0.05, 0) is 102 Å². The Morgan fingerprint density at radius 1 is 0.633 bits per heavy atom. The molecule has 0 amide bonds. The molecule has 0 unspecified atom stereocenters. The van der Waals surface area contributed by atoms with E-state index in [2.05, 4.69) is 33.2 Å². The summed E-state index contributed by atoms with van der Waals surface area (Å²) < 4.78 is 128. The van der Waals surface area contributed by atoms with E-state index in [0.717, 1.165) is 36.5 Å². The van der Waals surface area contributed by atoms with Crippen LogP contribution in [-0.4, -0.2) is 15.0 Å². The van der Waals surface area contributed by atoms with Crippen molar-refractivity contribution in [2.45, 2.75) is 38.3 Å². The van der Waals surface area contributed by atoms with Crippen molar-refractivity contribution in [3.8, 4) is 39.8 Å². The second kappa shape index (κ2) is 18.1. The number of rotatable bonds is 12. The van der Waals surface area contributed by atoms with Crippen molar-refractivity contribution in [1.29, 1.82) is 5.26 Å². The van der Waals surface area contributed by atoms with E-state index in [1.54, 1.807) is 60.7 Å². The zero-order valence-electron chi connectivity index (χ0n) is 41.3. The number of hydrogen-bond donors (Lipinski definition) is 0. The van der Waals surface area contributed by atoms with Crippen LogP contribution in [-0.2, 0) is 58.4 Å². The Balaban J connectivity index is 0.00000659. The van der Waals surface area contributed by atoms with Crippen LogP contribution in [0.25, 0.3) is 55.7 Å². The minimum Gasteiger partial charge on any atom is -0.501 e. The molecule has 292 valence electrons. The van der Waals surface area contributed by atoms with Crippen molar-refractivity contribution in [3.05, 3.63) is 209 Å². The van der Waals surface area contributed by atoms with Gasteiger partial charge in [-0.2, -0.15) is 5.26 Å². The topological polar surface area (TPSA) is 75.6 Å². The van der Waals surface area contributed by atoms with Crippen LogP contribution in [0.2, 0.25) is 0 Å². The van der Waals surface area contributed by atoms with Gasteiger partial charge in [-0.1, -0.05) is 47.3 Å². The summed E-state index contributed by atoms with van der Waals surface area (Å²) >= 11 is 0. The summed E-state index contributed by atoms with van der Waals surface area (Å²) in [6.45, 7) is 0. The van der Waals surface area contributed by atoms with E-state index in [1.165, 1.54) is 30.6 Å². The van der Waals surface area contributed by atoms with Crippen molar-refractivity contribution in [2.75, 3.05) is 0 Å². The SMILES string of the molecule is [2H]c1cc2c(oc3c(-c4ccc(C([2H])([2H])C([2H])([2H])c5cc(C([2H])([2H])Cc6cnc(-c7[c-]cccc7)cc6F)cc(C([2H])([2H])Cc6cnc(-c7[c-]cccc7)cc6F)c5)cn4)[c-]ccc32)c([2H])c1C#N.[Ir+3]. The third-order valence-electron chi connectivity index (χ3n) is 9.50. The van der Waals surface area contributed by atoms with Crippen LogP contribution in [0.5, 0.6) is 0 Å². The van der Waals surface area contributed by atoms with Crippen LogP contribution in [0.4, 0.5) is 8.78 Å². The molecule has 0 fully saturated rings. The Labute approximate surface area is 374 Å². The third-order valence-corrected chi connectivity index (χ3v) is 9.50. The minimum atomic E-state index is -3.03. The van der Waals surface area contributed by atoms with Gasteiger partial charge in [0.15, 0.2) is 0 Å². The maximum Gasteiger partial charge on any atom is 3.00 e. The van der Waals surface area contributed by atoms with Gasteiger partial charge >= 0.3 is 20.1 Å². The third kappa shape index (κ3) is 8.84. The molecule has 9 aromatic rings. The molecular weight excluding hydrogens is 927 g/mol. The monoisotopic (exact) mass is 972 g/mol. The summed E-state index contributed by atoms with van der Waals surface area (Å²) in [7, 11) is 0. The van der Waals surface area contributed by atoms with Crippen molar-refractivity contribution in [2.24, 2.45) is 0 Å². The zero-order chi connectivity index (χ0) is 49.0. The molecular formula is C52H35F2IrN4O. The summed E-state index contributed by atoms with van der Waals surface area (Å²) in [4.78, 5) is 13.1. The number of hydrogen-bond acceptors (Lipinski definition) is 5. The quantitative estimate of drug-likeness (QED) is 0.114. The first-order valence-electron chi connectivity index (χ1n) is 23.4. The molecule has 0 saturated carbocycles. The number of furan rings is 1. The first kappa shape index (κ1) is 29.5. The number of fused-ring (bicyclic) bond motifs is 3. The van der Waals surface area contributed by atoms with Gasteiger partial charge in [-0.3, -0.25) is 0 Å². The maximum absolute atomic E-state index is 15.7. The van der Waals surface area contributed by atoms with Gasteiger partial charge in [0.2, 0.25) is 0 Å². The summed E-state index contributed by atoms with van der Waals surface area (Å²) in [5, 5.41) is 10.5. The van der Waals surface area contributed by atoms with Gasteiger partial charge in [-0.15, -0.1) is 90.0 Å². The van der Waals surface area contributed by atoms with E-state index in [0.29, 0.717) is 27.5 Å². The average molecular weight is 972 g/mol. The zero-order valence-corrected chi connectivity index (χ0v) is 33.7. The van der Waals surface area contributed by atoms with Crippen LogP contribution in [0.1, 0.15) is 52.7 Å². The standard InChI is InChI=1S/C52H35F2N4O.Ir/c53-46-28-49(39-8-3-1-4-9-39)57-32-41(46)20-16-36-24-35(25-37(26-36)17-21-42-33-58-50(29-47(42)54)40-10-5-2-6-11-40)15-14-34-19-23-48(56-31-34)45-13-7-12-44-43-22-18-38(30-55)27-51(43)59-52(44)45;/h1-8,10,12,18-19,22-29,31-33H,14-17,20-21H2;/q-3;+3/i14D2,15D2,16D2,17D2,18D,27D;. The van der Waals surface area contributed by atoms with Crippen LogP contribution < -0.4 is 0 Å². The van der Waals surface area contributed by atoms with E-state index in [4.69, 9.17) is 7.16 Å². The first-order chi connectivity index (χ1) is 32.8. The van der Waals surface area contributed by atoms with E-state index in [1.807, 2.05) is 6.07 Å². The summed E-state index contributed by atoms with van der Waals surface area (Å²) in [5.41, 5.74) is 0.673. The fourth-order valence-electron chi connectivity index (χ4n) is 6.50. The van der Waals surface area contributed by atoms with Gasteiger partial charge in [0.05, 0.1) is 20.0 Å². The molecule has 0 aliphatic carbocycles. The number of aromatic nitrogens is 3. The molecule has 0 N–H and O–H groups in total. The first-order valence-corrected chi connectivity index (χ1v) is 18.4. The van der Waals surface area contributed by atoms with E-state index >= 15 is 8.78 Å². The molecule has 0 bridgehead atoms. The van der Waals surface area contributed by atoms with Gasteiger partial charge in [0.25, 0.3) is 0 Å². The largest absolute Gasteiger partial charge is 3.00 e. The molecule has 0 spiro atoms. The van der Waals surface area contributed by atoms with Crippen LogP contribution in [0.3, 0.4) is 0 Å². The molecule has 60 heavy (non-hydrogen) atoms. The molecule has 4 heterocycles. The predicted octanol–water partition coefficient (Wildman–Crippen LogP) is 11.7. The molecule has 0 saturated heterocycles. The van der Waals surface area contributed by atoms with Gasteiger partial charge < -0.3 is 19.4 Å². The molecule has 8 heteroatoms. The van der Waals surface area contributed by atoms with Crippen LogP contribution in [0, 0.1) is 41.2 Å². The second-order valence-electron chi connectivity index (χ2n) is 13.4. The molecule has 0 radical (unpaired) electrons. The molecule has 0 aliphatic rings. The summed E-state index contributed by atoms with van der Waals surface area (Å²) in [6, 6.07) is 37.1. The fourth-order valence-corrected chi connectivity index (χ4v) is 6.50. The Morgan fingerprint density at radius 3 is 1.78 bits per heavy atom. The van der Waals surface area contributed by atoms with Crippen molar-refractivity contribution < 1.29 is 47.0 Å². The van der Waals surface area contributed by atoms with Crippen LogP contribution >= 0.6 is 0 Å². The fraction of sp³-hybridized carbons (Fsp3) is 0.115. The molecule has 0 aliphatic heterocycles. The molecule has 0 atom stereocenters. The Morgan fingerprint density at radius 2 is 1.23 bits per heavy atom. The number of nitriles is 1. The van der Waals surface area contributed by atoms with Crippen molar-refractivity contribution in [1.82, 2.24) is 15.0 Å². The van der Waals surface area contributed by atoms with Crippen LogP contribution in [0.15, 0.2) is 144 Å². The minimum absolute atomic E-state index is 0. The number of halogens is 2. The van der Waals surface area contributed by atoms with Crippen molar-refractivity contribution in [3.63, 3.8) is 0 Å². The molecule has 5 nitrogen and oxygen atoms in total. The Hall–Kier alpha value is -6.65. The number of nitrogens with zero attached hydrogens (tertiary/aromatic N) is 4. The van der Waals surface area contributed by atoms with Gasteiger partial charge in [-0.25, -0.2) is 8.78 Å². The molecule has 9 rings (SSSR count). The number of benzene rings is 5. The Bertz CT molecular complexity index is 3360.